The molecule has 0 radical (unpaired) electrons. The third kappa shape index (κ3) is 5.40. The minimum atomic E-state index is -1.31. The van der Waals surface area contributed by atoms with E-state index in [4.69, 9.17) is 10.8 Å². The van der Waals surface area contributed by atoms with Gasteiger partial charge in [-0.1, -0.05) is 0 Å². The maximum atomic E-state index is 10.9. The molecule has 0 aliphatic rings. The Bertz CT molecular complexity index is 299. The number of primary amides is 1. The van der Waals surface area contributed by atoms with Crippen LogP contribution in [0.15, 0.2) is 0 Å². The number of hydrogen-bond donors (Lipinski definition) is 3. The molecule has 0 aromatic rings. The van der Waals surface area contributed by atoms with Crippen LogP contribution in [0, 0.1) is 0 Å². The normalized spacial score (nSPS) is 11.5. The third-order valence-electron chi connectivity index (χ3n) is 1.60. The minimum absolute atomic E-state index is 0.135. The zero-order valence-electron chi connectivity index (χ0n) is 8.15. The van der Waals surface area contributed by atoms with Crippen molar-refractivity contribution in [2.75, 3.05) is 0 Å². The molecule has 0 aliphatic carbocycles. The van der Waals surface area contributed by atoms with Gasteiger partial charge in [-0.15, -0.1) is 0 Å². The lowest BCUT2D eigenvalue weighted by molar-refractivity contribution is -0.144. The smallest absolute Gasteiger partial charge is 0.326 e. The topological polar surface area (TPSA) is 127 Å². The van der Waals surface area contributed by atoms with E-state index in [1.165, 1.54) is 0 Å². The van der Waals surface area contributed by atoms with Gasteiger partial charge in [0.15, 0.2) is 0 Å². The molecule has 1 atom stereocenters. The van der Waals surface area contributed by atoms with E-state index in [2.05, 4.69) is 0 Å². The number of Topliss-reactive ketones (excluding diaryl/α,β-unsaturated/α-hetero) is 1. The van der Waals surface area contributed by atoms with E-state index in [1.807, 2.05) is 5.32 Å². The molecule has 4 N–H and O–H groups in total. The Morgan fingerprint density at radius 1 is 1.33 bits per heavy atom. The molecule has 0 rings (SSSR count). The van der Waals surface area contributed by atoms with E-state index in [1.54, 1.807) is 0 Å². The summed E-state index contributed by atoms with van der Waals surface area (Å²) in [5.74, 6) is -3.77. The van der Waals surface area contributed by atoms with Crippen LogP contribution in [0.1, 0.15) is 19.8 Å². The lowest BCUT2D eigenvalue weighted by Gasteiger charge is -2.11. The van der Waals surface area contributed by atoms with Gasteiger partial charge in [-0.2, -0.15) is 0 Å². The fourth-order valence-electron chi connectivity index (χ4n) is 0.804. The average Bonchev–Trinajstić information content (AvgIpc) is 2.10. The highest BCUT2D eigenvalue weighted by Crippen LogP contribution is 1.97. The van der Waals surface area contributed by atoms with E-state index in [0.29, 0.717) is 0 Å². The summed E-state index contributed by atoms with van der Waals surface area (Å²) < 4.78 is 0. The molecule has 0 bridgehead atoms. The second-order valence-corrected chi connectivity index (χ2v) is 2.93. The van der Waals surface area contributed by atoms with Crippen LogP contribution in [0.3, 0.4) is 0 Å². The van der Waals surface area contributed by atoms with E-state index in [-0.39, 0.29) is 12.8 Å². The lowest BCUT2D eigenvalue weighted by atomic mass is 10.1. The summed E-state index contributed by atoms with van der Waals surface area (Å²) in [4.78, 5) is 42.4. The summed E-state index contributed by atoms with van der Waals surface area (Å²) in [6.45, 7) is 1.02. The molecular weight excluding hydrogens is 204 g/mol. The maximum Gasteiger partial charge on any atom is 0.326 e. The zero-order valence-corrected chi connectivity index (χ0v) is 8.15. The van der Waals surface area contributed by atoms with Crippen LogP contribution in [-0.2, 0) is 19.2 Å². The van der Waals surface area contributed by atoms with Crippen molar-refractivity contribution in [2.45, 2.75) is 25.8 Å². The Kier molecular flexibility index (Phi) is 5.00. The van der Waals surface area contributed by atoms with Crippen LogP contribution in [0.4, 0.5) is 0 Å². The maximum absolute atomic E-state index is 10.9. The first-order valence-corrected chi connectivity index (χ1v) is 4.17. The van der Waals surface area contributed by atoms with E-state index in [0.717, 1.165) is 6.92 Å². The highest BCUT2D eigenvalue weighted by Gasteiger charge is 2.21. The zero-order chi connectivity index (χ0) is 12.0. The largest absolute Gasteiger partial charge is 0.480 e. The molecule has 1 unspecified atom stereocenters. The molecule has 2 amide bonds. The fraction of sp³-hybridized carbons (Fsp3) is 0.500. The molecule has 0 heterocycles. The van der Waals surface area contributed by atoms with Crippen LogP contribution in [-0.4, -0.2) is 34.7 Å². The number of amides is 2. The molecule has 0 fully saturated rings. The van der Waals surface area contributed by atoms with E-state index < -0.39 is 29.6 Å². The number of nitrogens with one attached hydrogen (secondary N) is 1. The SMILES string of the molecule is CC(=O)C(=O)NC(CCC(N)=O)C(=O)O. The summed E-state index contributed by atoms with van der Waals surface area (Å²) >= 11 is 0. The predicted octanol–water partition coefficient (Wildman–Crippen LogP) is -1.59. The first-order chi connectivity index (χ1) is 6.84. The second kappa shape index (κ2) is 5.74. The molecule has 15 heavy (non-hydrogen) atoms. The van der Waals surface area contributed by atoms with Crippen molar-refractivity contribution in [1.29, 1.82) is 0 Å². The monoisotopic (exact) mass is 216 g/mol. The molecule has 0 saturated carbocycles. The van der Waals surface area contributed by atoms with Crippen molar-refractivity contribution in [2.24, 2.45) is 5.73 Å². The van der Waals surface area contributed by atoms with Gasteiger partial charge in [0.05, 0.1) is 0 Å². The standard InChI is InChI=1S/C8H12N2O5/c1-4(11)7(13)10-5(8(14)15)2-3-6(9)12/h5H,2-3H2,1H3,(H2,9,12)(H,10,13)(H,14,15). The van der Waals surface area contributed by atoms with Crippen molar-refractivity contribution in [3.63, 3.8) is 0 Å². The summed E-state index contributed by atoms with van der Waals surface area (Å²) in [7, 11) is 0. The first kappa shape index (κ1) is 13.1. The molecule has 0 aromatic carbocycles. The van der Waals surface area contributed by atoms with Gasteiger partial charge in [0.2, 0.25) is 11.7 Å². The van der Waals surface area contributed by atoms with Crippen LogP contribution >= 0.6 is 0 Å². The van der Waals surface area contributed by atoms with Crippen LogP contribution < -0.4 is 11.1 Å². The summed E-state index contributed by atoms with van der Waals surface area (Å²) in [6, 6.07) is -1.27. The van der Waals surface area contributed by atoms with Gasteiger partial charge >= 0.3 is 5.97 Å². The summed E-state index contributed by atoms with van der Waals surface area (Å²) in [5, 5.41) is 10.6. The number of rotatable bonds is 6. The van der Waals surface area contributed by atoms with Crippen molar-refractivity contribution < 1.29 is 24.3 Å². The number of carboxylic acid groups (broad SMARTS) is 1. The molecule has 0 aliphatic heterocycles. The Labute approximate surface area is 85.6 Å². The number of carbonyl (C=O) groups is 4. The molecular formula is C8H12N2O5. The van der Waals surface area contributed by atoms with E-state index >= 15 is 0 Å². The summed E-state index contributed by atoms with van der Waals surface area (Å²) in [6.07, 6.45) is -0.307. The van der Waals surface area contributed by atoms with Gasteiger partial charge < -0.3 is 16.2 Å². The van der Waals surface area contributed by atoms with Gasteiger partial charge in [-0.05, 0) is 6.42 Å². The van der Waals surface area contributed by atoms with Gasteiger partial charge in [-0.3, -0.25) is 14.4 Å². The van der Waals surface area contributed by atoms with E-state index in [9.17, 15) is 19.2 Å². The molecule has 0 spiro atoms. The van der Waals surface area contributed by atoms with Crippen LogP contribution in [0.5, 0.6) is 0 Å². The predicted molar refractivity (Wildman–Crippen MR) is 48.7 cm³/mol. The quantitative estimate of drug-likeness (QED) is 0.461. The Hall–Kier alpha value is -1.92. The molecule has 7 nitrogen and oxygen atoms in total. The molecule has 84 valence electrons. The lowest BCUT2D eigenvalue weighted by Crippen LogP contribution is -2.43. The van der Waals surface area contributed by atoms with Gasteiger partial charge in [0.25, 0.3) is 5.91 Å². The van der Waals surface area contributed by atoms with Crippen molar-refractivity contribution in [3.8, 4) is 0 Å². The van der Waals surface area contributed by atoms with Gasteiger partial charge in [0.1, 0.15) is 6.04 Å². The second-order valence-electron chi connectivity index (χ2n) is 2.93. The van der Waals surface area contributed by atoms with Gasteiger partial charge in [-0.25, -0.2) is 4.79 Å². The van der Waals surface area contributed by atoms with Crippen molar-refractivity contribution >= 4 is 23.6 Å². The molecule has 7 heteroatoms. The number of nitrogens with two attached hydrogens (primary N) is 1. The first-order valence-electron chi connectivity index (χ1n) is 4.17. The number of aliphatic carboxylic acids is 1. The summed E-state index contributed by atoms with van der Waals surface area (Å²) in [5.41, 5.74) is 4.82. The minimum Gasteiger partial charge on any atom is -0.480 e. The van der Waals surface area contributed by atoms with Crippen molar-refractivity contribution in [1.82, 2.24) is 5.32 Å². The number of carbonyl (C=O) groups excluding carboxylic acids is 3. The molecule has 0 aromatic heterocycles. The Balaban J connectivity index is 4.28. The highest BCUT2D eigenvalue weighted by atomic mass is 16.4. The fourth-order valence-corrected chi connectivity index (χ4v) is 0.804. The Morgan fingerprint density at radius 3 is 2.20 bits per heavy atom. The third-order valence-corrected chi connectivity index (χ3v) is 1.60. The van der Waals surface area contributed by atoms with Crippen LogP contribution in [0.25, 0.3) is 0 Å². The highest BCUT2D eigenvalue weighted by molar-refractivity contribution is 6.35. The van der Waals surface area contributed by atoms with Crippen LogP contribution in [0.2, 0.25) is 0 Å². The average molecular weight is 216 g/mol. The number of hydrogen-bond acceptors (Lipinski definition) is 4. The molecule has 0 saturated heterocycles. The van der Waals surface area contributed by atoms with Crippen molar-refractivity contribution in [3.05, 3.63) is 0 Å². The number of carboxylic acids is 1. The Morgan fingerprint density at radius 2 is 1.87 bits per heavy atom. The van der Waals surface area contributed by atoms with Gasteiger partial charge in [0, 0.05) is 13.3 Å². The number of ketones is 1.